The van der Waals surface area contributed by atoms with Crippen LogP contribution in [-0.4, -0.2) is 62.7 Å². The molecule has 1 aromatic heterocycles. The second-order valence-electron chi connectivity index (χ2n) is 11.8. The third kappa shape index (κ3) is 7.10. The molecule has 8 nitrogen and oxygen atoms in total. The van der Waals surface area contributed by atoms with Crippen LogP contribution in [0.5, 0.6) is 0 Å². The van der Waals surface area contributed by atoms with E-state index in [0.29, 0.717) is 44.1 Å². The first-order valence-electron chi connectivity index (χ1n) is 14.8. The number of imidazole rings is 1. The standard InChI is InChI=1S/C33H44N4O4/c1-6-14-26(15-7-2)28-29(30(38)34-20-22-35(23-21-34)32(40)41-33(3,4)5)36(24-25-16-10-8-11-17-25)31(39)37(28)27-18-12-9-13-19-27/h6-8,10-11,14-17,27H,1,9,12-13,18-24H2,2-5H3/b15-7-,26-14+. The second-order valence-corrected chi connectivity index (χ2v) is 11.8. The normalized spacial score (nSPS) is 17.2. The van der Waals surface area contributed by atoms with E-state index >= 15 is 0 Å². The van der Waals surface area contributed by atoms with Gasteiger partial charge in [0.25, 0.3) is 5.91 Å². The Balaban J connectivity index is 1.80. The number of amides is 2. The zero-order chi connectivity index (χ0) is 29.6. The van der Waals surface area contributed by atoms with Crippen LogP contribution in [0.1, 0.15) is 87.6 Å². The smallest absolute Gasteiger partial charge is 0.410 e. The monoisotopic (exact) mass is 560 g/mol. The fraction of sp³-hybridized carbons (Fsp3) is 0.485. The van der Waals surface area contributed by atoms with Crippen LogP contribution >= 0.6 is 0 Å². The molecule has 1 aliphatic heterocycles. The van der Waals surface area contributed by atoms with Crippen LogP contribution in [-0.2, 0) is 11.3 Å². The number of allylic oxidation sites excluding steroid dienone is 5. The van der Waals surface area contributed by atoms with Gasteiger partial charge < -0.3 is 14.5 Å². The van der Waals surface area contributed by atoms with E-state index in [4.69, 9.17) is 4.74 Å². The Morgan fingerprint density at radius 1 is 0.976 bits per heavy atom. The van der Waals surface area contributed by atoms with E-state index in [9.17, 15) is 14.4 Å². The van der Waals surface area contributed by atoms with Gasteiger partial charge in [-0.2, -0.15) is 0 Å². The summed E-state index contributed by atoms with van der Waals surface area (Å²) in [6.45, 7) is 13.1. The number of hydrogen-bond acceptors (Lipinski definition) is 4. The predicted octanol–water partition coefficient (Wildman–Crippen LogP) is 6.04. The predicted molar refractivity (Wildman–Crippen MR) is 163 cm³/mol. The first-order chi connectivity index (χ1) is 19.6. The number of nitrogens with zero attached hydrogens (tertiary/aromatic N) is 4. The SMILES string of the molecule is C=C/C=C(\C=C/C)c1c(C(=O)N2CCN(C(=O)OC(C)(C)C)CC2)n(Cc2ccccc2)c(=O)n1C1CCCCC1. The van der Waals surface area contributed by atoms with Crippen LogP contribution in [0.2, 0.25) is 0 Å². The highest BCUT2D eigenvalue weighted by atomic mass is 16.6. The molecule has 2 heterocycles. The van der Waals surface area contributed by atoms with Gasteiger partial charge in [0.05, 0.1) is 12.2 Å². The number of benzene rings is 1. The summed E-state index contributed by atoms with van der Waals surface area (Å²) in [5.41, 5.74) is 2.02. The quantitative estimate of drug-likeness (QED) is 0.387. The largest absolute Gasteiger partial charge is 0.444 e. The number of carbonyl (C=O) groups excluding carboxylic acids is 2. The molecule has 8 heteroatoms. The Kier molecular flexibility index (Phi) is 9.73. The molecule has 0 atom stereocenters. The zero-order valence-electron chi connectivity index (χ0n) is 25.0. The molecule has 2 aromatic rings. The Hall–Kier alpha value is -3.81. The summed E-state index contributed by atoms with van der Waals surface area (Å²) < 4.78 is 9.08. The number of rotatable bonds is 7. The van der Waals surface area contributed by atoms with Crippen LogP contribution in [0, 0.1) is 0 Å². The average molecular weight is 561 g/mol. The van der Waals surface area contributed by atoms with Gasteiger partial charge in [0, 0.05) is 37.8 Å². The number of ether oxygens (including phenoxy) is 1. The summed E-state index contributed by atoms with van der Waals surface area (Å²) in [6.07, 6.45) is 12.1. The third-order valence-corrected chi connectivity index (χ3v) is 7.63. The lowest BCUT2D eigenvalue weighted by atomic mass is 9.94. The lowest BCUT2D eigenvalue weighted by Gasteiger charge is -2.35. The summed E-state index contributed by atoms with van der Waals surface area (Å²) in [5, 5.41) is 0. The van der Waals surface area contributed by atoms with Crippen LogP contribution < -0.4 is 5.69 Å². The molecule has 1 aromatic carbocycles. The van der Waals surface area contributed by atoms with Gasteiger partial charge in [-0.25, -0.2) is 9.59 Å². The van der Waals surface area contributed by atoms with Crippen LogP contribution in [0.3, 0.4) is 0 Å². The first kappa shape index (κ1) is 30.2. The summed E-state index contributed by atoms with van der Waals surface area (Å²) >= 11 is 0. The van der Waals surface area contributed by atoms with Gasteiger partial charge in [-0.15, -0.1) is 0 Å². The highest BCUT2D eigenvalue weighted by Crippen LogP contribution is 2.33. The number of carbonyl (C=O) groups is 2. The molecule has 4 rings (SSSR count). The van der Waals surface area contributed by atoms with Crippen molar-refractivity contribution in [2.45, 2.75) is 78.0 Å². The minimum absolute atomic E-state index is 0.0253. The van der Waals surface area contributed by atoms with E-state index in [1.54, 1.807) is 20.4 Å². The third-order valence-electron chi connectivity index (χ3n) is 7.63. The molecule has 1 saturated heterocycles. The molecular weight excluding hydrogens is 516 g/mol. The second kappa shape index (κ2) is 13.2. The molecule has 0 spiro atoms. The molecule has 41 heavy (non-hydrogen) atoms. The van der Waals surface area contributed by atoms with Crippen molar-refractivity contribution in [3.63, 3.8) is 0 Å². The molecule has 1 aliphatic carbocycles. The summed E-state index contributed by atoms with van der Waals surface area (Å²) in [6, 6.07) is 9.81. The van der Waals surface area contributed by atoms with Gasteiger partial charge >= 0.3 is 11.8 Å². The number of hydrogen-bond donors (Lipinski definition) is 0. The fourth-order valence-corrected chi connectivity index (χ4v) is 5.73. The Morgan fingerprint density at radius 2 is 1.61 bits per heavy atom. The van der Waals surface area contributed by atoms with Crippen molar-refractivity contribution in [1.82, 2.24) is 18.9 Å². The highest BCUT2D eigenvalue weighted by molar-refractivity contribution is 5.98. The van der Waals surface area contributed by atoms with Crippen molar-refractivity contribution in [2.24, 2.45) is 0 Å². The first-order valence-corrected chi connectivity index (χ1v) is 14.8. The molecule has 1 saturated carbocycles. The number of aromatic nitrogens is 2. The van der Waals surface area contributed by atoms with Crippen molar-refractivity contribution >= 4 is 17.6 Å². The van der Waals surface area contributed by atoms with Gasteiger partial charge in [0.2, 0.25) is 0 Å². The van der Waals surface area contributed by atoms with Crippen molar-refractivity contribution in [2.75, 3.05) is 26.2 Å². The average Bonchev–Trinajstić information content (AvgIpc) is 3.24. The van der Waals surface area contributed by atoms with Crippen LogP contribution in [0.15, 0.2) is 66.0 Å². The molecule has 0 bridgehead atoms. The van der Waals surface area contributed by atoms with E-state index < -0.39 is 5.60 Å². The molecule has 2 amide bonds. The highest BCUT2D eigenvalue weighted by Gasteiger charge is 2.35. The van der Waals surface area contributed by atoms with Gasteiger partial charge in [0.1, 0.15) is 11.3 Å². The van der Waals surface area contributed by atoms with E-state index in [-0.39, 0.29) is 23.7 Å². The summed E-state index contributed by atoms with van der Waals surface area (Å²) in [5.74, 6) is -0.203. The molecule has 0 unspecified atom stereocenters. The minimum Gasteiger partial charge on any atom is -0.444 e. The number of piperazine rings is 1. The molecule has 0 radical (unpaired) electrons. The maximum absolute atomic E-state index is 14.4. The summed E-state index contributed by atoms with van der Waals surface area (Å²) in [7, 11) is 0. The maximum atomic E-state index is 14.4. The van der Waals surface area contributed by atoms with Crippen molar-refractivity contribution in [3.8, 4) is 0 Å². The Bertz CT molecular complexity index is 1350. The topological polar surface area (TPSA) is 76.8 Å². The van der Waals surface area contributed by atoms with Crippen molar-refractivity contribution < 1.29 is 14.3 Å². The van der Waals surface area contributed by atoms with E-state index in [2.05, 4.69) is 6.58 Å². The fourth-order valence-electron chi connectivity index (χ4n) is 5.73. The molecule has 2 aliphatic rings. The molecule has 0 N–H and O–H groups in total. The van der Waals surface area contributed by atoms with Gasteiger partial charge in [-0.3, -0.25) is 13.9 Å². The molecule has 220 valence electrons. The zero-order valence-corrected chi connectivity index (χ0v) is 25.0. The Morgan fingerprint density at radius 3 is 2.20 bits per heavy atom. The minimum atomic E-state index is -0.588. The van der Waals surface area contributed by atoms with Gasteiger partial charge in [-0.05, 0) is 46.1 Å². The van der Waals surface area contributed by atoms with E-state index in [1.165, 1.54) is 0 Å². The lowest BCUT2D eigenvalue weighted by molar-refractivity contribution is 0.0139. The van der Waals surface area contributed by atoms with Crippen molar-refractivity contribution in [3.05, 3.63) is 88.7 Å². The maximum Gasteiger partial charge on any atom is 0.410 e. The van der Waals surface area contributed by atoms with Crippen LogP contribution in [0.25, 0.3) is 5.57 Å². The molecular formula is C33H44N4O4. The van der Waals surface area contributed by atoms with Crippen molar-refractivity contribution in [1.29, 1.82) is 0 Å². The lowest BCUT2D eigenvalue weighted by Crippen LogP contribution is -2.52. The summed E-state index contributed by atoms with van der Waals surface area (Å²) in [4.78, 5) is 44.8. The van der Waals surface area contributed by atoms with Crippen LogP contribution in [0.4, 0.5) is 4.79 Å². The van der Waals surface area contributed by atoms with Gasteiger partial charge in [0.15, 0.2) is 0 Å². The van der Waals surface area contributed by atoms with Gasteiger partial charge in [-0.1, -0.05) is 80.5 Å². The van der Waals surface area contributed by atoms with E-state index in [1.807, 2.05) is 80.8 Å². The van der Waals surface area contributed by atoms with E-state index in [0.717, 1.165) is 43.2 Å². The Labute approximate surface area is 243 Å². The molecule has 2 fully saturated rings.